The summed E-state index contributed by atoms with van der Waals surface area (Å²) in [5.74, 6) is -3.04. The van der Waals surface area contributed by atoms with Crippen LogP contribution < -0.4 is 22.5 Å². The van der Waals surface area contributed by atoms with Crippen LogP contribution in [0.5, 0.6) is 0 Å². The maximum atomic E-state index is 10.3. The zero-order valence-electron chi connectivity index (χ0n) is 9.48. The van der Waals surface area contributed by atoms with Crippen molar-refractivity contribution in [3.63, 3.8) is 0 Å². The fourth-order valence-electron chi connectivity index (χ4n) is 0.839. The molecule has 1 aromatic rings. The van der Waals surface area contributed by atoms with Crippen LogP contribution in [0, 0.1) is 0 Å². The van der Waals surface area contributed by atoms with Gasteiger partial charge in [0, 0.05) is 11.1 Å². The number of rotatable bonds is 2. The molecule has 6 N–H and O–H groups in total. The van der Waals surface area contributed by atoms with Gasteiger partial charge < -0.3 is 32.1 Å². The molecule has 0 saturated carbocycles. The summed E-state index contributed by atoms with van der Waals surface area (Å²) in [6.07, 6.45) is 0. The van der Waals surface area contributed by atoms with Crippen LogP contribution in [0.1, 0.15) is 20.7 Å². The van der Waals surface area contributed by atoms with Crippen molar-refractivity contribution < 1.29 is 39.3 Å². The molecular weight excluding hydrogens is 278 g/mol. The first-order chi connectivity index (χ1) is 6.63. The number of hydrogen-bond donors (Lipinski definition) is 2. The average Bonchev–Trinajstić information content (AvgIpc) is 2.20. The van der Waals surface area contributed by atoms with Crippen molar-refractivity contribution in [1.82, 2.24) is 12.3 Å². The number of carbonyl (C=O) groups excluding carboxylic acids is 2. The second-order valence-corrected chi connectivity index (χ2v) is 2.12. The summed E-state index contributed by atoms with van der Waals surface area (Å²) in [7, 11) is 0. The molecule has 90 valence electrons. The Morgan fingerprint density at radius 2 is 1.12 bits per heavy atom. The molecule has 0 aromatic heterocycles. The zero-order chi connectivity index (χ0) is 11.1. The molecule has 0 spiro atoms. The van der Waals surface area contributed by atoms with Gasteiger partial charge in [0.15, 0.2) is 0 Å². The van der Waals surface area contributed by atoms with Crippen LogP contribution >= 0.6 is 0 Å². The van der Waals surface area contributed by atoms with E-state index in [2.05, 4.69) is 13.2 Å². The SMILES string of the molecule is C=C.N.N.O=C([O-])c1ccccc1C(=O)[O-].[Zn+2]. The standard InChI is InChI=1S/C8H6O4.C2H4.2H3N.Zn/c9-7(10)5-3-1-2-4-6(5)8(11)12;1-2;;;/h1-4H,(H,9,10)(H,11,12);1-2H2;2*1H3;/q;;;;+2/p-2. The Hall–Kier alpha value is -1.56. The molecule has 17 heavy (non-hydrogen) atoms. The summed E-state index contributed by atoms with van der Waals surface area (Å²) in [5, 5.41) is 20.6. The summed E-state index contributed by atoms with van der Waals surface area (Å²) in [5.41, 5.74) is -0.727. The largest absolute Gasteiger partial charge is 2.00 e. The molecule has 0 radical (unpaired) electrons. The van der Waals surface area contributed by atoms with Gasteiger partial charge in [-0.05, 0) is 0 Å². The Morgan fingerprint density at radius 3 is 1.29 bits per heavy atom. The van der Waals surface area contributed by atoms with Crippen molar-refractivity contribution in [2.75, 3.05) is 0 Å². The predicted octanol–water partition coefficient (Wildman–Crippen LogP) is -0.463. The smallest absolute Gasteiger partial charge is 0.545 e. The van der Waals surface area contributed by atoms with E-state index >= 15 is 0 Å². The summed E-state index contributed by atoms with van der Waals surface area (Å²) in [6.45, 7) is 6.00. The summed E-state index contributed by atoms with van der Waals surface area (Å²) in [4.78, 5) is 20.6. The predicted molar refractivity (Wildman–Crippen MR) is 56.4 cm³/mol. The van der Waals surface area contributed by atoms with Crippen molar-refractivity contribution >= 4 is 11.9 Å². The number of carboxylic acid groups (broad SMARTS) is 2. The molecule has 1 aromatic carbocycles. The van der Waals surface area contributed by atoms with E-state index in [4.69, 9.17) is 0 Å². The fraction of sp³-hybridized carbons (Fsp3) is 0. The van der Waals surface area contributed by atoms with Gasteiger partial charge in [-0.2, -0.15) is 0 Å². The average molecular weight is 292 g/mol. The van der Waals surface area contributed by atoms with E-state index < -0.39 is 11.9 Å². The molecule has 0 aliphatic carbocycles. The molecule has 0 bridgehead atoms. The molecule has 0 amide bonds. The first-order valence-corrected chi connectivity index (χ1v) is 3.64. The molecule has 6 nitrogen and oxygen atoms in total. The van der Waals surface area contributed by atoms with Crippen LogP contribution in [0.25, 0.3) is 0 Å². The van der Waals surface area contributed by atoms with Gasteiger partial charge in [-0.3, -0.25) is 0 Å². The Morgan fingerprint density at radius 1 is 0.882 bits per heavy atom. The third-order valence-electron chi connectivity index (χ3n) is 1.37. The minimum atomic E-state index is -1.52. The molecule has 0 unspecified atom stereocenters. The van der Waals surface area contributed by atoms with E-state index in [1.807, 2.05) is 0 Å². The monoisotopic (exact) mass is 290 g/mol. The summed E-state index contributed by atoms with van der Waals surface area (Å²) < 4.78 is 0. The van der Waals surface area contributed by atoms with E-state index in [0.29, 0.717) is 0 Å². The van der Waals surface area contributed by atoms with Crippen LogP contribution in [0.4, 0.5) is 0 Å². The van der Waals surface area contributed by atoms with Crippen molar-refractivity contribution in [3.8, 4) is 0 Å². The quantitative estimate of drug-likeness (QED) is 0.555. The first-order valence-electron chi connectivity index (χ1n) is 3.64. The first kappa shape index (κ1) is 24.6. The van der Waals surface area contributed by atoms with Gasteiger partial charge in [-0.25, -0.2) is 0 Å². The van der Waals surface area contributed by atoms with Crippen LogP contribution in [0.2, 0.25) is 0 Å². The zero-order valence-corrected chi connectivity index (χ0v) is 12.4. The third-order valence-corrected chi connectivity index (χ3v) is 1.37. The Bertz CT molecular complexity index is 325. The number of carbonyl (C=O) groups is 2. The summed E-state index contributed by atoms with van der Waals surface area (Å²) >= 11 is 0. The van der Waals surface area contributed by atoms with E-state index in [0.717, 1.165) is 12.1 Å². The van der Waals surface area contributed by atoms with E-state index in [-0.39, 0.29) is 42.9 Å². The van der Waals surface area contributed by atoms with Gasteiger partial charge in [-0.15, -0.1) is 13.2 Å². The van der Waals surface area contributed by atoms with Gasteiger partial charge in [-0.1, -0.05) is 24.3 Å². The molecule has 0 aliphatic heterocycles. The molecule has 0 saturated heterocycles. The second kappa shape index (κ2) is 12.5. The minimum absolute atomic E-state index is 0. The van der Waals surface area contributed by atoms with E-state index in [9.17, 15) is 19.8 Å². The van der Waals surface area contributed by atoms with Crippen molar-refractivity contribution in [1.29, 1.82) is 0 Å². The van der Waals surface area contributed by atoms with Gasteiger partial charge >= 0.3 is 19.5 Å². The van der Waals surface area contributed by atoms with E-state index in [1.54, 1.807) is 0 Å². The van der Waals surface area contributed by atoms with Crippen molar-refractivity contribution in [3.05, 3.63) is 48.6 Å². The second-order valence-electron chi connectivity index (χ2n) is 2.12. The van der Waals surface area contributed by atoms with Gasteiger partial charge in [0.25, 0.3) is 0 Å². The van der Waals surface area contributed by atoms with Gasteiger partial charge in [0.2, 0.25) is 0 Å². The Labute approximate surface area is 112 Å². The number of benzene rings is 1. The Balaban J connectivity index is -0.000000160. The Kier molecular flexibility index (Phi) is 18.1. The van der Waals surface area contributed by atoms with Gasteiger partial charge in [0.1, 0.15) is 0 Å². The van der Waals surface area contributed by atoms with Crippen LogP contribution in [-0.2, 0) is 19.5 Å². The maximum Gasteiger partial charge on any atom is 2.00 e. The molecule has 1 rings (SSSR count). The molecule has 0 atom stereocenters. The molecule has 0 fully saturated rings. The number of hydrogen-bond acceptors (Lipinski definition) is 6. The molecule has 0 heterocycles. The third kappa shape index (κ3) is 7.35. The molecule has 7 heteroatoms. The topological polar surface area (TPSA) is 150 Å². The van der Waals surface area contributed by atoms with Crippen LogP contribution in [0.15, 0.2) is 37.4 Å². The normalized spacial score (nSPS) is 6.82. The van der Waals surface area contributed by atoms with Crippen LogP contribution in [-0.4, -0.2) is 11.9 Å². The molecule has 0 aliphatic rings. The molecular formula is C10H14N2O4Zn. The summed E-state index contributed by atoms with van der Waals surface area (Å²) in [6, 6.07) is 5.14. The van der Waals surface area contributed by atoms with E-state index in [1.165, 1.54) is 12.1 Å². The van der Waals surface area contributed by atoms with Crippen LogP contribution in [0.3, 0.4) is 0 Å². The number of carboxylic acids is 2. The number of aromatic carboxylic acids is 2. The minimum Gasteiger partial charge on any atom is -0.545 e. The van der Waals surface area contributed by atoms with Crippen molar-refractivity contribution in [2.24, 2.45) is 0 Å². The van der Waals surface area contributed by atoms with Gasteiger partial charge in [0.05, 0.1) is 11.9 Å². The fourth-order valence-corrected chi connectivity index (χ4v) is 0.839. The maximum absolute atomic E-state index is 10.3. The van der Waals surface area contributed by atoms with Crippen molar-refractivity contribution in [2.45, 2.75) is 0 Å².